The van der Waals surface area contributed by atoms with E-state index in [4.69, 9.17) is 10.6 Å². The molecule has 5 rings (SSSR count). The van der Waals surface area contributed by atoms with Crippen molar-refractivity contribution in [2.75, 3.05) is 38.4 Å². The number of halogens is 1. The third-order valence-corrected chi connectivity index (χ3v) is 8.45. The lowest BCUT2D eigenvalue weighted by molar-refractivity contribution is -0.664. The van der Waals surface area contributed by atoms with Crippen molar-refractivity contribution in [3.63, 3.8) is 0 Å². The minimum Gasteiger partial charge on any atom is -0.477 e. The fraction of sp³-hybridized carbons (Fsp3) is 0.417. The number of imidazole rings is 1. The molecule has 42 heavy (non-hydrogen) atoms. The molecule has 0 bridgehead atoms. The standard InChI is InChI=1S/C24H27FN10O5S2/c1-27-6-3-8-34-12-28-19-14(34)4-2-7-33(19)10-13-11-41-22-16(21(37)35(22)17(13)23(38)39)29-20(36)15(31-40-9-5-25)18-30-24(26)42-32-18/h2,4,7,12,16,22,27H,3,5-6,8-11H2,1H3,(H3-,26,29,30,32,36,38,39)/p+1/b31-15-. The number of aromatic nitrogens is 5. The Balaban J connectivity index is 1.35. The third-order valence-electron chi connectivity index (χ3n) is 6.57. The summed E-state index contributed by atoms with van der Waals surface area (Å²) in [7, 11) is 1.90. The predicted octanol–water partition coefficient (Wildman–Crippen LogP) is -0.504. The SMILES string of the molecule is CNCCCn1cnc2c1ccc[n+]2CC1=C(C(=O)O)N2C(=O)C(NC(=O)/C(=N\OCCF)c3nsc(N)n3)C2SC1. The van der Waals surface area contributed by atoms with Crippen LogP contribution in [0.25, 0.3) is 11.2 Å². The molecule has 3 aromatic heterocycles. The Bertz CT molecular complexity index is 1570. The van der Waals surface area contributed by atoms with Crippen LogP contribution in [0.2, 0.25) is 0 Å². The van der Waals surface area contributed by atoms with Crippen LogP contribution in [0, 0.1) is 0 Å². The van der Waals surface area contributed by atoms with Gasteiger partial charge in [-0.3, -0.25) is 14.5 Å². The molecule has 2 aliphatic rings. The molecule has 0 aliphatic carbocycles. The van der Waals surface area contributed by atoms with Crippen LogP contribution in [-0.4, -0.2) is 96.5 Å². The fourth-order valence-electron chi connectivity index (χ4n) is 4.69. The highest BCUT2D eigenvalue weighted by molar-refractivity contribution is 8.00. The van der Waals surface area contributed by atoms with Crippen molar-refractivity contribution in [2.45, 2.75) is 30.9 Å². The number of carboxylic acids is 1. The molecule has 0 saturated carbocycles. The highest BCUT2D eigenvalue weighted by Crippen LogP contribution is 2.40. The first kappa shape index (κ1) is 29.3. The van der Waals surface area contributed by atoms with Crippen molar-refractivity contribution in [1.29, 1.82) is 0 Å². The van der Waals surface area contributed by atoms with E-state index in [-0.39, 0.29) is 28.9 Å². The Morgan fingerprint density at radius 2 is 2.24 bits per heavy atom. The summed E-state index contributed by atoms with van der Waals surface area (Å²) in [5.41, 5.74) is 7.26. The highest BCUT2D eigenvalue weighted by atomic mass is 32.2. The smallest absolute Gasteiger partial charge is 0.352 e. The average Bonchev–Trinajstić information content (AvgIpc) is 3.60. The van der Waals surface area contributed by atoms with Crippen molar-refractivity contribution in [2.24, 2.45) is 5.16 Å². The molecule has 2 unspecified atom stereocenters. The number of nitrogens with zero attached hydrogens (tertiary/aromatic N) is 7. The van der Waals surface area contributed by atoms with E-state index in [1.54, 1.807) is 6.33 Å². The van der Waals surface area contributed by atoms with Gasteiger partial charge in [0.05, 0.1) is 6.20 Å². The number of pyridine rings is 1. The molecule has 0 spiro atoms. The van der Waals surface area contributed by atoms with E-state index in [0.29, 0.717) is 17.0 Å². The number of carbonyl (C=O) groups excluding carboxylic acids is 2. The number of rotatable bonds is 13. The van der Waals surface area contributed by atoms with Gasteiger partial charge in [-0.15, -0.1) is 11.8 Å². The van der Waals surface area contributed by atoms with E-state index in [0.717, 1.165) is 36.6 Å². The Labute approximate surface area is 246 Å². The van der Waals surface area contributed by atoms with E-state index in [1.807, 2.05) is 34.5 Å². The van der Waals surface area contributed by atoms with Gasteiger partial charge in [0, 0.05) is 29.4 Å². The molecule has 222 valence electrons. The number of carbonyl (C=O) groups is 3. The number of alkyl halides is 1. The molecule has 5 N–H and O–H groups in total. The molecule has 1 fully saturated rings. The van der Waals surface area contributed by atoms with Crippen LogP contribution in [0.5, 0.6) is 0 Å². The molecule has 15 nitrogen and oxygen atoms in total. The first-order chi connectivity index (χ1) is 20.3. The predicted molar refractivity (Wildman–Crippen MR) is 151 cm³/mol. The number of anilines is 1. The van der Waals surface area contributed by atoms with Crippen LogP contribution in [-0.2, 0) is 32.3 Å². The molecule has 0 aromatic carbocycles. The molecular weight excluding hydrogens is 591 g/mol. The van der Waals surface area contributed by atoms with E-state index in [1.165, 1.54) is 16.7 Å². The Hall–Kier alpha value is -4.16. The van der Waals surface area contributed by atoms with Gasteiger partial charge in [-0.1, -0.05) is 5.16 Å². The topological polar surface area (TPSA) is 194 Å². The zero-order valence-corrected chi connectivity index (χ0v) is 24.0. The number of nitrogens with one attached hydrogen (secondary N) is 2. The second kappa shape index (κ2) is 12.8. The number of carboxylic acid groups (broad SMARTS) is 1. The van der Waals surface area contributed by atoms with Gasteiger partial charge in [-0.05, 0) is 37.1 Å². The molecule has 2 amide bonds. The second-order valence-corrected chi connectivity index (χ2v) is 11.2. The van der Waals surface area contributed by atoms with Crippen LogP contribution in [0.1, 0.15) is 12.2 Å². The number of oxime groups is 1. The first-order valence-electron chi connectivity index (χ1n) is 12.9. The Kier molecular flexibility index (Phi) is 8.93. The van der Waals surface area contributed by atoms with Crippen LogP contribution >= 0.6 is 23.3 Å². The Morgan fingerprint density at radius 3 is 2.95 bits per heavy atom. The highest BCUT2D eigenvalue weighted by Gasteiger charge is 2.54. The molecule has 3 aromatic rings. The van der Waals surface area contributed by atoms with Crippen molar-refractivity contribution >= 4 is 63.1 Å². The summed E-state index contributed by atoms with van der Waals surface area (Å²) in [5.74, 6) is -2.52. The van der Waals surface area contributed by atoms with Gasteiger partial charge in [-0.25, -0.2) is 13.8 Å². The van der Waals surface area contributed by atoms with Crippen LogP contribution < -0.4 is 20.9 Å². The minimum atomic E-state index is -1.25. The Morgan fingerprint density at radius 1 is 1.40 bits per heavy atom. The molecule has 5 heterocycles. The summed E-state index contributed by atoms with van der Waals surface area (Å²) < 4.78 is 20.4. The summed E-state index contributed by atoms with van der Waals surface area (Å²) in [5, 5.41) is 18.8. The van der Waals surface area contributed by atoms with Crippen molar-refractivity contribution in [3.05, 3.63) is 41.8 Å². The van der Waals surface area contributed by atoms with E-state index in [2.05, 4.69) is 30.1 Å². The summed E-state index contributed by atoms with van der Waals surface area (Å²) in [6, 6.07) is 2.79. The molecule has 2 atom stereocenters. The van der Waals surface area contributed by atoms with E-state index in [9.17, 15) is 23.9 Å². The summed E-state index contributed by atoms with van der Waals surface area (Å²) in [6.45, 7) is 0.619. The van der Waals surface area contributed by atoms with Gasteiger partial charge in [0.15, 0.2) is 5.13 Å². The largest absolute Gasteiger partial charge is 0.477 e. The zero-order chi connectivity index (χ0) is 29.8. The maximum absolute atomic E-state index is 13.2. The average molecular weight is 620 g/mol. The maximum atomic E-state index is 13.2. The maximum Gasteiger partial charge on any atom is 0.352 e. The number of fused-ring (bicyclic) bond motifs is 2. The summed E-state index contributed by atoms with van der Waals surface area (Å²) in [4.78, 5) is 53.1. The van der Waals surface area contributed by atoms with Gasteiger partial charge in [0.25, 0.3) is 11.8 Å². The number of β-lactam (4-membered cyclic amide) rings is 1. The number of nitrogens with two attached hydrogens (primary N) is 1. The van der Waals surface area contributed by atoms with Gasteiger partial charge in [-0.2, -0.15) is 9.36 Å². The number of nitrogen functional groups attached to an aromatic ring is 1. The van der Waals surface area contributed by atoms with Crippen molar-refractivity contribution < 1.29 is 33.3 Å². The number of amides is 2. The van der Waals surface area contributed by atoms with Gasteiger partial charge < -0.3 is 30.9 Å². The minimum absolute atomic E-state index is 0.0719. The fourth-order valence-corrected chi connectivity index (χ4v) is 6.46. The molecule has 18 heteroatoms. The lowest BCUT2D eigenvalue weighted by Gasteiger charge is -2.49. The number of aryl methyl sites for hydroxylation is 1. The van der Waals surface area contributed by atoms with Gasteiger partial charge in [0.2, 0.25) is 17.9 Å². The molecule has 0 radical (unpaired) electrons. The lowest BCUT2D eigenvalue weighted by atomic mass is 10.0. The van der Waals surface area contributed by atoms with Crippen LogP contribution in [0.3, 0.4) is 0 Å². The number of thioether (sulfide) groups is 1. The summed E-state index contributed by atoms with van der Waals surface area (Å²) >= 11 is 2.15. The van der Waals surface area contributed by atoms with Gasteiger partial charge in [0.1, 0.15) is 42.5 Å². The van der Waals surface area contributed by atoms with Gasteiger partial charge >= 0.3 is 11.6 Å². The number of aliphatic carboxylic acids is 1. The zero-order valence-electron chi connectivity index (χ0n) is 22.4. The second-order valence-electron chi connectivity index (χ2n) is 9.28. The normalized spacial score (nSPS) is 18.7. The third kappa shape index (κ3) is 5.77. The quantitative estimate of drug-likeness (QED) is 0.0633. The number of hydrogen-bond donors (Lipinski definition) is 4. The first-order valence-corrected chi connectivity index (χ1v) is 14.7. The number of hydrogen-bond acceptors (Lipinski definition) is 12. The van der Waals surface area contributed by atoms with E-state index >= 15 is 0 Å². The van der Waals surface area contributed by atoms with Crippen molar-refractivity contribution in [1.82, 2.24) is 34.4 Å². The van der Waals surface area contributed by atoms with Crippen LogP contribution in [0.4, 0.5) is 9.52 Å². The monoisotopic (exact) mass is 619 g/mol. The molecule has 2 aliphatic heterocycles. The summed E-state index contributed by atoms with van der Waals surface area (Å²) in [6.07, 6.45) is 4.50. The molecular formula is C24H28FN10O5S2+. The van der Waals surface area contributed by atoms with Crippen molar-refractivity contribution in [3.8, 4) is 0 Å². The lowest BCUT2D eigenvalue weighted by Crippen LogP contribution is -2.71. The van der Waals surface area contributed by atoms with E-state index < -0.39 is 42.5 Å². The molecule has 1 saturated heterocycles. The van der Waals surface area contributed by atoms with Crippen LogP contribution in [0.15, 0.2) is 41.1 Å².